The quantitative estimate of drug-likeness (QED) is 0.903. The van der Waals surface area contributed by atoms with Crippen LogP contribution in [0.4, 0.5) is 0 Å². The summed E-state index contributed by atoms with van der Waals surface area (Å²) in [5, 5.41) is 8.80. The van der Waals surface area contributed by atoms with E-state index in [0.717, 1.165) is 4.47 Å². The summed E-state index contributed by atoms with van der Waals surface area (Å²) >= 11 is 3.22. The molecule has 4 nitrogen and oxygen atoms in total. The first-order valence-electron chi connectivity index (χ1n) is 3.96. The summed E-state index contributed by atoms with van der Waals surface area (Å²) in [4.78, 5) is 14.6. The number of pyridine rings is 1. The minimum absolute atomic E-state index is 0.292. The Balaban J connectivity index is 2.79. The van der Waals surface area contributed by atoms with Crippen molar-refractivity contribution < 1.29 is 14.6 Å². The van der Waals surface area contributed by atoms with Crippen LogP contribution >= 0.6 is 15.9 Å². The number of hydrogen-bond donors (Lipinski definition) is 1. The van der Waals surface area contributed by atoms with Crippen molar-refractivity contribution in [3.05, 3.63) is 22.8 Å². The van der Waals surface area contributed by atoms with Crippen molar-refractivity contribution in [2.24, 2.45) is 0 Å². The molecule has 5 heteroatoms. The molecule has 1 heterocycles. The van der Waals surface area contributed by atoms with Gasteiger partial charge in [-0.05, 0) is 35.8 Å². The fourth-order valence-electron chi connectivity index (χ4n) is 0.728. The van der Waals surface area contributed by atoms with Crippen molar-refractivity contribution in [1.29, 1.82) is 0 Å². The predicted molar refractivity (Wildman–Crippen MR) is 54.3 cm³/mol. The van der Waals surface area contributed by atoms with Gasteiger partial charge in [0.2, 0.25) is 11.5 Å². The molecule has 1 aromatic rings. The molecule has 0 saturated carbocycles. The number of hydrogen-bond acceptors (Lipinski definition) is 3. The normalized spacial score (nSPS) is 11.1. The molecule has 0 aliphatic carbocycles. The molecule has 0 aliphatic heterocycles. The van der Waals surface area contributed by atoms with Crippen LogP contribution < -0.4 is 4.74 Å². The van der Waals surface area contributed by atoms with E-state index in [4.69, 9.17) is 9.84 Å². The highest BCUT2D eigenvalue weighted by Gasteiger charge is 2.29. The Morgan fingerprint density at radius 3 is 2.64 bits per heavy atom. The first kappa shape index (κ1) is 11.0. The Labute approximate surface area is 90.0 Å². The van der Waals surface area contributed by atoms with Gasteiger partial charge in [-0.15, -0.1) is 0 Å². The van der Waals surface area contributed by atoms with Crippen LogP contribution in [-0.4, -0.2) is 21.7 Å². The second-order valence-electron chi connectivity index (χ2n) is 3.23. The van der Waals surface area contributed by atoms with Gasteiger partial charge in [-0.3, -0.25) is 0 Å². The van der Waals surface area contributed by atoms with Gasteiger partial charge in [0.1, 0.15) is 0 Å². The average molecular weight is 260 g/mol. The Kier molecular flexibility index (Phi) is 3.10. The molecule has 0 saturated heterocycles. The van der Waals surface area contributed by atoms with E-state index in [9.17, 15) is 4.79 Å². The SMILES string of the molecule is CC(C)(Oc1ccc(Br)cn1)C(=O)O. The summed E-state index contributed by atoms with van der Waals surface area (Å²) < 4.78 is 6.00. The van der Waals surface area contributed by atoms with Gasteiger partial charge in [0.25, 0.3) is 0 Å². The molecular formula is C9H10BrNO3. The molecule has 1 aromatic heterocycles. The van der Waals surface area contributed by atoms with Gasteiger partial charge < -0.3 is 9.84 Å². The predicted octanol–water partition coefficient (Wildman–Crippen LogP) is 2.09. The third-order valence-corrected chi connectivity index (χ3v) is 2.04. The van der Waals surface area contributed by atoms with Gasteiger partial charge in [0, 0.05) is 16.7 Å². The van der Waals surface area contributed by atoms with E-state index in [1.165, 1.54) is 13.8 Å². The van der Waals surface area contributed by atoms with Crippen molar-refractivity contribution in [2.45, 2.75) is 19.4 Å². The lowest BCUT2D eigenvalue weighted by atomic mass is 10.1. The number of rotatable bonds is 3. The zero-order valence-electron chi connectivity index (χ0n) is 7.82. The second kappa shape index (κ2) is 3.96. The first-order valence-corrected chi connectivity index (χ1v) is 4.75. The molecule has 0 fully saturated rings. The largest absolute Gasteiger partial charge is 0.478 e. The van der Waals surface area contributed by atoms with Crippen molar-refractivity contribution in [3.63, 3.8) is 0 Å². The van der Waals surface area contributed by atoms with Crippen LogP contribution in [0.15, 0.2) is 22.8 Å². The molecule has 1 rings (SSSR count). The molecule has 0 amide bonds. The average Bonchev–Trinajstić information content (AvgIpc) is 2.08. The smallest absolute Gasteiger partial charge is 0.347 e. The molecule has 0 bridgehead atoms. The molecule has 0 aromatic carbocycles. The second-order valence-corrected chi connectivity index (χ2v) is 4.15. The van der Waals surface area contributed by atoms with Crippen LogP contribution in [0.2, 0.25) is 0 Å². The van der Waals surface area contributed by atoms with Gasteiger partial charge in [0.05, 0.1) is 0 Å². The standard InChI is InChI=1S/C9H10BrNO3/c1-9(2,8(12)13)14-7-4-3-6(10)5-11-7/h3-5H,1-2H3,(H,12,13). The van der Waals surface area contributed by atoms with E-state index in [2.05, 4.69) is 20.9 Å². The lowest BCUT2D eigenvalue weighted by molar-refractivity contribution is -0.152. The minimum atomic E-state index is -1.26. The number of nitrogens with zero attached hydrogens (tertiary/aromatic N) is 1. The highest BCUT2D eigenvalue weighted by atomic mass is 79.9. The monoisotopic (exact) mass is 259 g/mol. The highest BCUT2D eigenvalue weighted by Crippen LogP contribution is 2.17. The fourth-order valence-corrected chi connectivity index (χ4v) is 0.962. The molecule has 0 aliphatic rings. The topological polar surface area (TPSA) is 59.4 Å². The van der Waals surface area contributed by atoms with E-state index >= 15 is 0 Å². The van der Waals surface area contributed by atoms with E-state index in [1.54, 1.807) is 18.3 Å². The van der Waals surface area contributed by atoms with Gasteiger partial charge in [-0.2, -0.15) is 0 Å². The lowest BCUT2D eigenvalue weighted by Gasteiger charge is -2.20. The molecule has 1 N–H and O–H groups in total. The third kappa shape index (κ3) is 2.70. The molecule has 76 valence electrons. The molecule has 14 heavy (non-hydrogen) atoms. The number of carboxylic acids is 1. The summed E-state index contributed by atoms with van der Waals surface area (Å²) in [5.74, 6) is -0.734. The Morgan fingerprint density at radius 1 is 1.57 bits per heavy atom. The molecule has 0 unspecified atom stereocenters. The van der Waals surface area contributed by atoms with Crippen LogP contribution in [0.5, 0.6) is 5.88 Å². The molecule has 0 radical (unpaired) electrons. The highest BCUT2D eigenvalue weighted by molar-refractivity contribution is 9.10. The summed E-state index contributed by atoms with van der Waals surface area (Å²) in [5.41, 5.74) is -1.26. The van der Waals surface area contributed by atoms with E-state index in [0.29, 0.717) is 5.88 Å². The Hall–Kier alpha value is -1.10. The summed E-state index contributed by atoms with van der Waals surface area (Å²) in [6.07, 6.45) is 1.55. The maximum atomic E-state index is 10.7. The van der Waals surface area contributed by atoms with Gasteiger partial charge in [-0.25, -0.2) is 9.78 Å². The number of aliphatic carboxylic acids is 1. The van der Waals surface area contributed by atoms with E-state index in [1.807, 2.05) is 0 Å². The van der Waals surface area contributed by atoms with Crippen molar-refractivity contribution >= 4 is 21.9 Å². The van der Waals surface area contributed by atoms with Gasteiger partial charge in [-0.1, -0.05) is 0 Å². The number of aromatic nitrogens is 1. The maximum absolute atomic E-state index is 10.7. The molecular weight excluding hydrogens is 250 g/mol. The third-order valence-electron chi connectivity index (χ3n) is 1.58. The minimum Gasteiger partial charge on any atom is -0.478 e. The fraction of sp³-hybridized carbons (Fsp3) is 0.333. The van der Waals surface area contributed by atoms with Gasteiger partial charge >= 0.3 is 5.97 Å². The van der Waals surface area contributed by atoms with Gasteiger partial charge in [0.15, 0.2) is 0 Å². The van der Waals surface area contributed by atoms with Crippen molar-refractivity contribution in [1.82, 2.24) is 4.98 Å². The zero-order chi connectivity index (χ0) is 10.8. The van der Waals surface area contributed by atoms with Crippen LogP contribution in [0.25, 0.3) is 0 Å². The number of halogens is 1. The molecule has 0 spiro atoms. The Bertz CT molecular complexity index is 334. The summed E-state index contributed by atoms with van der Waals surface area (Å²) in [6, 6.07) is 3.34. The van der Waals surface area contributed by atoms with Crippen molar-refractivity contribution in [3.8, 4) is 5.88 Å². The summed E-state index contributed by atoms with van der Waals surface area (Å²) in [6.45, 7) is 2.94. The first-order chi connectivity index (χ1) is 6.42. The molecule has 0 atom stereocenters. The van der Waals surface area contributed by atoms with Crippen LogP contribution in [0.1, 0.15) is 13.8 Å². The zero-order valence-corrected chi connectivity index (χ0v) is 9.41. The van der Waals surface area contributed by atoms with E-state index < -0.39 is 11.6 Å². The van der Waals surface area contributed by atoms with Crippen LogP contribution in [-0.2, 0) is 4.79 Å². The van der Waals surface area contributed by atoms with Crippen LogP contribution in [0, 0.1) is 0 Å². The summed E-state index contributed by atoms with van der Waals surface area (Å²) in [7, 11) is 0. The lowest BCUT2D eigenvalue weighted by Crippen LogP contribution is -2.38. The van der Waals surface area contributed by atoms with Crippen LogP contribution in [0.3, 0.4) is 0 Å². The van der Waals surface area contributed by atoms with E-state index in [-0.39, 0.29) is 0 Å². The van der Waals surface area contributed by atoms with Crippen molar-refractivity contribution in [2.75, 3.05) is 0 Å². The maximum Gasteiger partial charge on any atom is 0.347 e. The number of carbonyl (C=O) groups is 1. The number of carboxylic acid groups (broad SMARTS) is 1. The Morgan fingerprint density at radius 2 is 2.21 bits per heavy atom. The number of ether oxygens (including phenoxy) is 1.